The quantitative estimate of drug-likeness (QED) is 0.394. The summed E-state index contributed by atoms with van der Waals surface area (Å²) in [5, 5.41) is 11.0. The molecular formula is C32H30N4O3. The van der Waals surface area contributed by atoms with E-state index in [-0.39, 0.29) is 17.5 Å². The topological polar surface area (TPSA) is 99.2 Å². The normalized spacial score (nSPS) is 18.3. The first-order valence-electron chi connectivity index (χ1n) is 13.7. The van der Waals surface area contributed by atoms with Crippen LogP contribution in [0.2, 0.25) is 0 Å². The molecule has 4 aromatic rings. The molecule has 0 bridgehead atoms. The number of carbonyl (C=O) groups is 1. The number of aromatic amines is 1. The maximum Gasteiger partial charge on any atom is 0.257 e. The number of H-pyrrole nitrogens is 1. The summed E-state index contributed by atoms with van der Waals surface area (Å²) in [6.07, 6.45) is 3.40. The molecule has 7 rings (SSSR count). The van der Waals surface area contributed by atoms with Crippen LogP contribution in [0.5, 0.6) is 0 Å². The molecule has 0 spiro atoms. The van der Waals surface area contributed by atoms with Gasteiger partial charge in [0.2, 0.25) is 0 Å². The number of amides is 1. The number of aromatic nitrogens is 3. The van der Waals surface area contributed by atoms with E-state index < -0.39 is 12.0 Å². The van der Waals surface area contributed by atoms with Gasteiger partial charge in [-0.25, -0.2) is 9.97 Å². The van der Waals surface area contributed by atoms with Gasteiger partial charge in [-0.05, 0) is 60.9 Å². The van der Waals surface area contributed by atoms with E-state index in [2.05, 4.69) is 34.2 Å². The zero-order valence-corrected chi connectivity index (χ0v) is 21.6. The molecular weight excluding hydrogens is 488 g/mol. The number of benzene rings is 2. The van der Waals surface area contributed by atoms with Crippen LogP contribution in [0.3, 0.4) is 0 Å². The number of rotatable bonds is 6. The summed E-state index contributed by atoms with van der Waals surface area (Å²) in [6.45, 7) is 0.509. The lowest BCUT2D eigenvalue weighted by Gasteiger charge is -2.30. The Morgan fingerprint density at radius 3 is 2.56 bits per heavy atom. The van der Waals surface area contributed by atoms with Crippen molar-refractivity contribution >= 4 is 5.91 Å². The van der Waals surface area contributed by atoms with E-state index >= 15 is 0 Å². The number of aliphatic hydroxyl groups is 1. The number of carbonyl (C=O) groups excluding carboxylic acids is 1. The van der Waals surface area contributed by atoms with Crippen LogP contribution in [-0.4, -0.2) is 37.4 Å². The van der Waals surface area contributed by atoms with Crippen LogP contribution < -0.4 is 5.56 Å². The van der Waals surface area contributed by atoms with Crippen molar-refractivity contribution in [3.8, 4) is 11.3 Å². The van der Waals surface area contributed by atoms with E-state index in [1.807, 2.05) is 42.5 Å². The first-order chi connectivity index (χ1) is 19.0. The molecule has 7 heteroatoms. The maximum absolute atomic E-state index is 13.3. The molecule has 39 heavy (non-hydrogen) atoms. The Hall–Kier alpha value is -4.10. The van der Waals surface area contributed by atoms with E-state index in [9.17, 15) is 14.7 Å². The molecule has 1 amide bonds. The second-order valence-electron chi connectivity index (χ2n) is 11.0. The lowest BCUT2D eigenvalue weighted by molar-refractivity contribution is -0.141. The lowest BCUT2D eigenvalue weighted by Crippen LogP contribution is -2.42. The second kappa shape index (κ2) is 9.27. The fourth-order valence-electron chi connectivity index (χ4n) is 5.82. The van der Waals surface area contributed by atoms with Crippen molar-refractivity contribution in [3.05, 3.63) is 117 Å². The average molecular weight is 519 g/mol. The van der Waals surface area contributed by atoms with Crippen LogP contribution in [0.4, 0.5) is 0 Å². The van der Waals surface area contributed by atoms with Gasteiger partial charge in [0.1, 0.15) is 5.82 Å². The molecule has 3 aliphatic rings. The number of hydrogen-bond acceptors (Lipinski definition) is 5. The number of fused-ring (bicyclic) bond motifs is 1. The van der Waals surface area contributed by atoms with Gasteiger partial charge in [-0.2, -0.15) is 0 Å². The number of nitrogens with one attached hydrogen (secondary N) is 1. The highest BCUT2D eigenvalue weighted by Crippen LogP contribution is 2.52. The molecule has 1 atom stereocenters. The Balaban J connectivity index is 1.11. The van der Waals surface area contributed by atoms with Gasteiger partial charge >= 0.3 is 0 Å². The zero-order valence-electron chi connectivity index (χ0n) is 21.6. The lowest BCUT2D eigenvalue weighted by atomic mass is 9.94. The van der Waals surface area contributed by atoms with Crippen LogP contribution in [-0.2, 0) is 23.2 Å². The van der Waals surface area contributed by atoms with Crippen molar-refractivity contribution in [2.45, 2.75) is 56.1 Å². The van der Waals surface area contributed by atoms with Crippen molar-refractivity contribution in [2.75, 3.05) is 6.54 Å². The molecule has 196 valence electrons. The summed E-state index contributed by atoms with van der Waals surface area (Å²) in [4.78, 5) is 40.6. The second-order valence-corrected chi connectivity index (χ2v) is 11.0. The summed E-state index contributed by atoms with van der Waals surface area (Å²) < 4.78 is 0. The van der Waals surface area contributed by atoms with E-state index in [1.165, 1.54) is 23.3 Å². The first kappa shape index (κ1) is 24.0. The minimum absolute atomic E-state index is 0.120. The molecule has 2 aromatic heterocycles. The molecule has 0 saturated heterocycles. The summed E-state index contributed by atoms with van der Waals surface area (Å²) in [5.41, 5.74) is 5.28. The Morgan fingerprint density at radius 2 is 1.79 bits per heavy atom. The van der Waals surface area contributed by atoms with E-state index in [0.717, 1.165) is 35.4 Å². The van der Waals surface area contributed by atoms with E-state index in [0.29, 0.717) is 36.0 Å². The smallest absolute Gasteiger partial charge is 0.257 e. The van der Waals surface area contributed by atoms with Crippen LogP contribution in [0, 0.1) is 0 Å². The molecule has 3 heterocycles. The summed E-state index contributed by atoms with van der Waals surface area (Å²) in [6, 6.07) is 23.9. The van der Waals surface area contributed by atoms with Crippen molar-refractivity contribution in [3.63, 3.8) is 0 Å². The molecule has 0 radical (unpaired) electrons. The van der Waals surface area contributed by atoms with Crippen LogP contribution in [0.15, 0.2) is 77.6 Å². The Kier molecular flexibility index (Phi) is 5.70. The van der Waals surface area contributed by atoms with Gasteiger partial charge in [0, 0.05) is 18.5 Å². The molecule has 1 aliphatic heterocycles. The third-order valence-corrected chi connectivity index (χ3v) is 8.43. The van der Waals surface area contributed by atoms with Crippen molar-refractivity contribution < 1.29 is 9.90 Å². The predicted molar refractivity (Wildman–Crippen MR) is 147 cm³/mol. The van der Waals surface area contributed by atoms with Crippen LogP contribution >= 0.6 is 0 Å². The zero-order chi connectivity index (χ0) is 26.6. The molecule has 2 aliphatic carbocycles. The van der Waals surface area contributed by atoms with Gasteiger partial charge < -0.3 is 15.0 Å². The average Bonchev–Trinajstić information content (AvgIpc) is 3.91. The van der Waals surface area contributed by atoms with Gasteiger partial charge in [-0.15, -0.1) is 0 Å². The maximum atomic E-state index is 13.3. The fraction of sp³-hybridized carbons (Fsp3) is 0.312. The molecule has 2 fully saturated rings. The van der Waals surface area contributed by atoms with E-state index in [4.69, 9.17) is 4.98 Å². The van der Waals surface area contributed by atoms with Crippen molar-refractivity contribution in [1.82, 2.24) is 19.9 Å². The van der Waals surface area contributed by atoms with Crippen LogP contribution in [0.25, 0.3) is 11.3 Å². The molecule has 1 unspecified atom stereocenters. The summed E-state index contributed by atoms with van der Waals surface area (Å²) in [7, 11) is 0. The highest BCUT2D eigenvalue weighted by Gasteiger charge is 2.48. The van der Waals surface area contributed by atoms with Gasteiger partial charge in [0.25, 0.3) is 11.5 Å². The Bertz CT molecular complexity index is 1620. The van der Waals surface area contributed by atoms with Gasteiger partial charge in [0.15, 0.2) is 6.10 Å². The number of aliphatic hydroxyl groups excluding tert-OH is 1. The van der Waals surface area contributed by atoms with Gasteiger partial charge in [-0.1, -0.05) is 54.6 Å². The fourth-order valence-corrected chi connectivity index (χ4v) is 5.82. The Morgan fingerprint density at radius 1 is 1.00 bits per heavy atom. The standard InChI is InChI=1S/C32H30N4O3/c37-28(27-11-5-10-25(33-27)22-7-4-6-21(18-22)20-12-13-20)30(39)36-17-14-26-24(19-36)29(38)35-31(34-26)32(15-16-32)23-8-2-1-3-9-23/h1-11,18,20,28,37H,12-17,19H2,(H,34,35,38). The molecule has 2 aromatic carbocycles. The summed E-state index contributed by atoms with van der Waals surface area (Å²) >= 11 is 0. The van der Waals surface area contributed by atoms with Crippen LogP contribution in [0.1, 0.15) is 71.6 Å². The summed E-state index contributed by atoms with van der Waals surface area (Å²) in [5.74, 6) is 0.886. The third-order valence-electron chi connectivity index (χ3n) is 8.43. The minimum atomic E-state index is -1.41. The molecule has 2 N–H and O–H groups in total. The first-order valence-corrected chi connectivity index (χ1v) is 13.7. The monoisotopic (exact) mass is 518 g/mol. The predicted octanol–water partition coefficient (Wildman–Crippen LogP) is 4.41. The largest absolute Gasteiger partial charge is 0.377 e. The number of pyridine rings is 1. The number of hydrogen-bond donors (Lipinski definition) is 2. The number of nitrogens with zero attached hydrogens (tertiary/aromatic N) is 3. The third kappa shape index (κ3) is 4.36. The van der Waals surface area contributed by atoms with Crippen molar-refractivity contribution in [2.24, 2.45) is 0 Å². The highest BCUT2D eigenvalue weighted by molar-refractivity contribution is 5.82. The van der Waals surface area contributed by atoms with Gasteiger partial charge in [-0.3, -0.25) is 9.59 Å². The SMILES string of the molecule is O=C(C(O)c1cccc(-c2cccc(C3CC3)c2)n1)N1CCc2nc(C3(c4ccccc4)CC3)[nH]c(=O)c2C1. The van der Waals surface area contributed by atoms with E-state index in [1.54, 1.807) is 6.07 Å². The minimum Gasteiger partial charge on any atom is -0.377 e. The molecule has 7 nitrogen and oxygen atoms in total. The van der Waals surface area contributed by atoms with Crippen molar-refractivity contribution in [1.29, 1.82) is 0 Å². The Labute approximate surface area is 226 Å². The highest BCUT2D eigenvalue weighted by atomic mass is 16.3. The van der Waals surface area contributed by atoms with Gasteiger partial charge in [0.05, 0.1) is 34.6 Å². The molecule has 2 saturated carbocycles.